The van der Waals surface area contributed by atoms with Gasteiger partial charge in [0.2, 0.25) is 5.95 Å². The van der Waals surface area contributed by atoms with Crippen LogP contribution in [0.3, 0.4) is 0 Å². The highest BCUT2D eigenvalue weighted by Gasteiger charge is 2.49. The Bertz CT molecular complexity index is 1170. The molecular formula is C23H21F3N6O. The third-order valence-corrected chi connectivity index (χ3v) is 6.36. The van der Waals surface area contributed by atoms with Gasteiger partial charge in [0, 0.05) is 36.4 Å². The molecule has 2 aromatic heterocycles. The van der Waals surface area contributed by atoms with E-state index in [1.807, 2.05) is 24.0 Å². The Labute approximate surface area is 188 Å². The summed E-state index contributed by atoms with van der Waals surface area (Å²) in [6, 6.07) is 7.10. The number of alkyl halides is 3. The molecular weight excluding hydrogens is 433 g/mol. The van der Waals surface area contributed by atoms with Gasteiger partial charge in [-0.3, -0.25) is 4.79 Å². The molecule has 3 atom stereocenters. The zero-order valence-corrected chi connectivity index (χ0v) is 17.8. The second kappa shape index (κ2) is 8.09. The minimum absolute atomic E-state index is 0.0412. The monoisotopic (exact) mass is 454 g/mol. The van der Waals surface area contributed by atoms with E-state index >= 15 is 0 Å². The SMILES string of the molecule is Cc1cccc(C(=O)N2[C@@H]3CC[C@H]2[C@H](Nc2ncc(C(F)(F)F)cn2)C3)c1-c1ncccn1. The van der Waals surface area contributed by atoms with Gasteiger partial charge in [0.05, 0.1) is 23.2 Å². The van der Waals surface area contributed by atoms with E-state index < -0.39 is 11.7 Å². The maximum absolute atomic E-state index is 13.7. The van der Waals surface area contributed by atoms with Gasteiger partial charge >= 0.3 is 6.18 Å². The number of hydrogen-bond donors (Lipinski definition) is 1. The topological polar surface area (TPSA) is 83.9 Å². The number of amides is 1. The number of anilines is 1. The summed E-state index contributed by atoms with van der Waals surface area (Å²) >= 11 is 0. The average Bonchev–Trinajstić information content (AvgIpc) is 3.36. The Morgan fingerprint density at radius 2 is 1.79 bits per heavy atom. The fourth-order valence-corrected chi connectivity index (χ4v) is 4.89. The molecule has 2 fully saturated rings. The van der Waals surface area contributed by atoms with Crippen LogP contribution in [0.1, 0.15) is 40.7 Å². The number of aromatic nitrogens is 4. The third kappa shape index (κ3) is 3.90. The first kappa shape index (κ1) is 21.3. The van der Waals surface area contributed by atoms with Crippen LogP contribution in [0, 0.1) is 6.92 Å². The fourth-order valence-electron chi connectivity index (χ4n) is 4.89. The molecule has 0 spiro atoms. The van der Waals surface area contributed by atoms with Gasteiger partial charge in [-0.1, -0.05) is 12.1 Å². The Balaban J connectivity index is 1.39. The van der Waals surface area contributed by atoms with Crippen molar-refractivity contribution in [2.45, 2.75) is 50.5 Å². The van der Waals surface area contributed by atoms with Crippen LogP contribution in [0.25, 0.3) is 11.4 Å². The van der Waals surface area contributed by atoms with Crippen LogP contribution >= 0.6 is 0 Å². The molecule has 0 radical (unpaired) electrons. The second-order valence-corrected chi connectivity index (χ2v) is 8.36. The molecule has 4 heterocycles. The van der Waals surface area contributed by atoms with Crippen molar-refractivity contribution in [3.63, 3.8) is 0 Å². The van der Waals surface area contributed by atoms with Crippen LogP contribution < -0.4 is 5.32 Å². The predicted octanol–water partition coefficient (Wildman–Crippen LogP) is 4.12. The molecule has 2 bridgehead atoms. The molecule has 0 aliphatic carbocycles. The van der Waals surface area contributed by atoms with E-state index in [1.165, 1.54) is 0 Å². The van der Waals surface area contributed by atoms with Gasteiger partial charge < -0.3 is 10.2 Å². The summed E-state index contributed by atoms with van der Waals surface area (Å²) in [5.74, 6) is 0.534. The third-order valence-electron chi connectivity index (χ3n) is 6.36. The van der Waals surface area contributed by atoms with E-state index in [4.69, 9.17) is 0 Å². The molecule has 33 heavy (non-hydrogen) atoms. The first-order valence-electron chi connectivity index (χ1n) is 10.7. The number of nitrogens with one attached hydrogen (secondary N) is 1. The number of hydrogen-bond acceptors (Lipinski definition) is 6. The highest BCUT2D eigenvalue weighted by atomic mass is 19.4. The molecule has 0 unspecified atom stereocenters. The number of benzene rings is 1. The lowest BCUT2D eigenvalue weighted by Gasteiger charge is -2.26. The molecule has 1 N–H and O–H groups in total. The van der Waals surface area contributed by atoms with E-state index in [9.17, 15) is 18.0 Å². The van der Waals surface area contributed by atoms with Crippen molar-refractivity contribution < 1.29 is 18.0 Å². The van der Waals surface area contributed by atoms with Crippen molar-refractivity contribution in [3.8, 4) is 11.4 Å². The molecule has 2 aliphatic rings. The molecule has 10 heteroatoms. The lowest BCUT2D eigenvalue weighted by molar-refractivity contribution is -0.138. The van der Waals surface area contributed by atoms with E-state index in [2.05, 4.69) is 25.3 Å². The Morgan fingerprint density at radius 1 is 1.06 bits per heavy atom. The molecule has 170 valence electrons. The van der Waals surface area contributed by atoms with Gasteiger partial charge in [0.15, 0.2) is 5.82 Å². The number of nitrogens with zero attached hydrogens (tertiary/aromatic N) is 5. The molecule has 2 aliphatic heterocycles. The summed E-state index contributed by atoms with van der Waals surface area (Å²) in [4.78, 5) is 31.9. The molecule has 1 amide bonds. The molecule has 2 saturated heterocycles. The Hall–Kier alpha value is -3.56. The smallest absolute Gasteiger partial charge is 0.349 e. The maximum Gasteiger partial charge on any atom is 0.419 e. The van der Waals surface area contributed by atoms with Gasteiger partial charge in [-0.15, -0.1) is 0 Å². The molecule has 1 aromatic carbocycles. The predicted molar refractivity (Wildman–Crippen MR) is 114 cm³/mol. The van der Waals surface area contributed by atoms with Crippen molar-refractivity contribution in [1.82, 2.24) is 24.8 Å². The van der Waals surface area contributed by atoms with E-state index in [0.717, 1.165) is 30.8 Å². The quantitative estimate of drug-likeness (QED) is 0.639. The van der Waals surface area contributed by atoms with E-state index in [-0.39, 0.29) is 30.0 Å². The highest BCUT2D eigenvalue weighted by molar-refractivity contribution is 6.01. The van der Waals surface area contributed by atoms with E-state index in [0.29, 0.717) is 23.4 Å². The second-order valence-electron chi connectivity index (χ2n) is 8.36. The molecule has 3 aromatic rings. The minimum Gasteiger partial charge on any atom is -0.349 e. The standard InChI is InChI=1S/C23H21F3N6O/c1-13-4-2-5-16(19(13)20-27-8-3-9-28-20)21(33)32-15-6-7-18(32)17(10-15)31-22-29-11-14(12-30-22)23(24,25)26/h2-5,8-9,11-12,15,17-18H,6-7,10H2,1H3,(H,29,30,31)/t15-,17-,18+/m1/s1. The number of carbonyl (C=O) groups excluding carboxylic acids is 1. The Kier molecular flexibility index (Phi) is 5.22. The minimum atomic E-state index is -4.48. The number of fused-ring (bicyclic) bond motifs is 2. The average molecular weight is 454 g/mol. The fraction of sp³-hybridized carbons (Fsp3) is 0.348. The summed E-state index contributed by atoms with van der Waals surface area (Å²) in [7, 11) is 0. The number of rotatable bonds is 4. The Morgan fingerprint density at radius 3 is 2.48 bits per heavy atom. The van der Waals surface area contributed by atoms with Crippen LogP contribution in [-0.2, 0) is 6.18 Å². The van der Waals surface area contributed by atoms with Crippen molar-refractivity contribution in [3.05, 3.63) is 65.7 Å². The van der Waals surface area contributed by atoms with Crippen molar-refractivity contribution in [2.75, 3.05) is 5.32 Å². The van der Waals surface area contributed by atoms with Crippen molar-refractivity contribution in [2.24, 2.45) is 0 Å². The first-order valence-corrected chi connectivity index (χ1v) is 10.7. The van der Waals surface area contributed by atoms with Crippen LogP contribution in [-0.4, -0.2) is 48.9 Å². The zero-order valence-electron chi connectivity index (χ0n) is 17.8. The van der Waals surface area contributed by atoms with Crippen LogP contribution in [0.2, 0.25) is 0 Å². The van der Waals surface area contributed by atoms with Crippen molar-refractivity contribution >= 4 is 11.9 Å². The van der Waals surface area contributed by atoms with Gasteiger partial charge in [-0.25, -0.2) is 19.9 Å². The maximum atomic E-state index is 13.7. The van der Waals surface area contributed by atoms with E-state index in [1.54, 1.807) is 24.5 Å². The first-order chi connectivity index (χ1) is 15.8. The summed E-state index contributed by atoms with van der Waals surface area (Å²) in [5.41, 5.74) is 1.27. The van der Waals surface area contributed by atoms with Gasteiger partial charge in [0.1, 0.15) is 0 Å². The van der Waals surface area contributed by atoms with Crippen LogP contribution in [0.4, 0.5) is 19.1 Å². The number of halogens is 3. The summed E-state index contributed by atoms with van der Waals surface area (Å²) < 4.78 is 38.3. The lowest BCUT2D eigenvalue weighted by Crippen LogP contribution is -2.40. The van der Waals surface area contributed by atoms with Gasteiger partial charge in [-0.05, 0) is 43.9 Å². The summed E-state index contributed by atoms with van der Waals surface area (Å²) in [5, 5.41) is 3.14. The number of aryl methyl sites for hydroxylation is 1. The summed E-state index contributed by atoms with van der Waals surface area (Å²) in [6.07, 6.45) is 2.71. The van der Waals surface area contributed by atoms with Gasteiger partial charge in [0.25, 0.3) is 5.91 Å². The largest absolute Gasteiger partial charge is 0.419 e. The summed E-state index contributed by atoms with van der Waals surface area (Å²) in [6.45, 7) is 1.92. The van der Waals surface area contributed by atoms with Crippen LogP contribution in [0.5, 0.6) is 0 Å². The zero-order chi connectivity index (χ0) is 23.2. The van der Waals surface area contributed by atoms with Crippen molar-refractivity contribution in [1.29, 1.82) is 0 Å². The molecule has 7 nitrogen and oxygen atoms in total. The number of carbonyl (C=O) groups is 1. The molecule has 0 saturated carbocycles. The lowest BCUT2D eigenvalue weighted by atomic mass is 9.96. The van der Waals surface area contributed by atoms with Crippen LogP contribution in [0.15, 0.2) is 49.1 Å². The highest BCUT2D eigenvalue weighted by Crippen LogP contribution is 2.41. The van der Waals surface area contributed by atoms with Gasteiger partial charge in [-0.2, -0.15) is 13.2 Å². The molecule has 5 rings (SSSR count). The normalized spacial score (nSPS) is 21.9.